The number of para-hydroxylation sites is 1. The maximum Gasteiger partial charge on any atom is 0.297 e. The van der Waals surface area contributed by atoms with Crippen molar-refractivity contribution in [3.63, 3.8) is 0 Å². The Morgan fingerprint density at radius 1 is 1.57 bits per heavy atom. The molecule has 0 saturated carbocycles. The smallest absolute Gasteiger partial charge is 0.297 e. The molecule has 0 aliphatic rings. The molecule has 1 aromatic carbocycles. The van der Waals surface area contributed by atoms with E-state index < -0.39 is 15.9 Å². The molecule has 0 amide bonds. The number of phenols is 1. The Balaban J connectivity index is 3.22. The zero-order chi connectivity index (χ0) is 10.7. The van der Waals surface area contributed by atoms with Crippen molar-refractivity contribution in [3.8, 4) is 5.75 Å². The monoisotopic (exact) mass is 216 g/mol. The van der Waals surface area contributed by atoms with Gasteiger partial charge in [0.1, 0.15) is 16.7 Å². The van der Waals surface area contributed by atoms with Crippen LogP contribution in [0.15, 0.2) is 18.2 Å². The van der Waals surface area contributed by atoms with Gasteiger partial charge in [0.2, 0.25) is 0 Å². The van der Waals surface area contributed by atoms with E-state index in [0.29, 0.717) is 0 Å². The predicted molar refractivity (Wildman–Crippen MR) is 52.5 cm³/mol. The molecule has 0 spiro atoms. The van der Waals surface area contributed by atoms with Gasteiger partial charge in [0, 0.05) is 12.3 Å². The lowest BCUT2D eigenvalue weighted by atomic mass is 10.2. The number of nitro benzene ring substituents is 1. The van der Waals surface area contributed by atoms with E-state index in [-0.39, 0.29) is 17.1 Å². The number of nitrogens with one attached hydrogen (secondary N) is 1. The van der Waals surface area contributed by atoms with Crippen molar-refractivity contribution in [3.05, 3.63) is 28.3 Å². The molecule has 14 heavy (non-hydrogen) atoms. The molecule has 2 N–H and O–H groups in total. The molecule has 76 valence electrons. The minimum Gasteiger partial charge on any atom is -0.505 e. The third kappa shape index (κ3) is 2.19. The summed E-state index contributed by atoms with van der Waals surface area (Å²) in [4.78, 5) is 9.85. The number of rotatable bonds is 3. The van der Waals surface area contributed by atoms with Gasteiger partial charge < -0.3 is 5.11 Å². The molecule has 7 heteroatoms. The molecule has 1 unspecified atom stereocenters. The highest BCUT2D eigenvalue weighted by atomic mass is 32.2. The van der Waals surface area contributed by atoms with Gasteiger partial charge in [-0.15, -0.1) is 0 Å². The number of benzene rings is 1. The molecule has 1 atom stereocenters. The third-order valence-electron chi connectivity index (χ3n) is 1.46. The van der Waals surface area contributed by atoms with Crippen LogP contribution in [0.3, 0.4) is 0 Å². The Hall–Kier alpha value is -1.63. The minimum atomic E-state index is -1.47. The second-order valence-electron chi connectivity index (χ2n) is 2.48. The first kappa shape index (κ1) is 10.5. The average Bonchev–Trinajstić information content (AvgIpc) is 2.07. The number of anilines is 1. The number of aromatic hydroxyl groups is 1. The normalized spacial score (nSPS) is 12.1. The fraction of sp³-hybridized carbons (Fsp3) is 0.143. The van der Waals surface area contributed by atoms with Crippen LogP contribution in [0.5, 0.6) is 5.75 Å². The van der Waals surface area contributed by atoms with Gasteiger partial charge in [0.05, 0.1) is 4.92 Å². The van der Waals surface area contributed by atoms with Crippen molar-refractivity contribution in [2.24, 2.45) is 0 Å². The van der Waals surface area contributed by atoms with E-state index >= 15 is 0 Å². The standard InChI is InChI=1S/C7H8N2O4S/c1-14(13)8-7-5(9(11)12)3-2-4-6(7)10/h2-4,8,10H,1H3. The molecule has 1 aromatic rings. The van der Waals surface area contributed by atoms with Crippen LogP contribution in [-0.2, 0) is 11.0 Å². The molecule has 0 bridgehead atoms. The third-order valence-corrected chi connectivity index (χ3v) is 1.95. The summed E-state index contributed by atoms with van der Waals surface area (Å²) < 4.78 is 13.1. The van der Waals surface area contributed by atoms with Crippen LogP contribution in [0, 0.1) is 10.1 Å². The predicted octanol–water partition coefficient (Wildman–Crippen LogP) is 1.01. The zero-order valence-corrected chi connectivity index (χ0v) is 8.08. The van der Waals surface area contributed by atoms with Gasteiger partial charge in [-0.1, -0.05) is 6.07 Å². The Morgan fingerprint density at radius 2 is 2.21 bits per heavy atom. The molecule has 0 aliphatic carbocycles. The molecule has 0 aromatic heterocycles. The van der Waals surface area contributed by atoms with Gasteiger partial charge in [0.15, 0.2) is 5.69 Å². The van der Waals surface area contributed by atoms with E-state index in [1.807, 2.05) is 0 Å². The topological polar surface area (TPSA) is 92.5 Å². The lowest BCUT2D eigenvalue weighted by Gasteiger charge is -2.05. The Labute approximate surface area is 82.3 Å². The highest BCUT2D eigenvalue weighted by Crippen LogP contribution is 2.33. The molecular formula is C7H8N2O4S. The Morgan fingerprint density at radius 3 is 2.71 bits per heavy atom. The van der Waals surface area contributed by atoms with Gasteiger partial charge >= 0.3 is 0 Å². The first-order chi connectivity index (χ1) is 6.52. The lowest BCUT2D eigenvalue weighted by molar-refractivity contribution is -0.383. The van der Waals surface area contributed by atoms with Crippen molar-refractivity contribution in [2.45, 2.75) is 0 Å². The van der Waals surface area contributed by atoms with Crippen LogP contribution in [0.4, 0.5) is 11.4 Å². The van der Waals surface area contributed by atoms with Gasteiger partial charge in [-0.3, -0.25) is 14.8 Å². The highest BCUT2D eigenvalue weighted by molar-refractivity contribution is 7.85. The Bertz CT molecular complexity index is 393. The quantitative estimate of drug-likeness (QED) is 0.448. The van der Waals surface area contributed by atoms with Gasteiger partial charge in [-0.25, -0.2) is 4.21 Å². The maximum atomic E-state index is 10.8. The average molecular weight is 216 g/mol. The van der Waals surface area contributed by atoms with Crippen molar-refractivity contribution >= 4 is 22.4 Å². The Kier molecular flexibility index (Phi) is 3.03. The highest BCUT2D eigenvalue weighted by Gasteiger charge is 2.17. The minimum absolute atomic E-state index is 0.127. The molecule has 0 heterocycles. The summed E-state index contributed by atoms with van der Waals surface area (Å²) in [6.07, 6.45) is 1.32. The van der Waals surface area contributed by atoms with Crippen LogP contribution in [0.1, 0.15) is 0 Å². The summed E-state index contributed by atoms with van der Waals surface area (Å²) in [5, 5.41) is 19.8. The summed E-state index contributed by atoms with van der Waals surface area (Å²) >= 11 is 0. The largest absolute Gasteiger partial charge is 0.505 e. The second kappa shape index (κ2) is 4.05. The molecule has 6 nitrogen and oxygen atoms in total. The van der Waals surface area contributed by atoms with E-state index in [0.717, 1.165) is 0 Å². The van der Waals surface area contributed by atoms with Crippen molar-refractivity contribution in [2.75, 3.05) is 11.0 Å². The van der Waals surface area contributed by atoms with Crippen molar-refractivity contribution < 1.29 is 14.2 Å². The van der Waals surface area contributed by atoms with Gasteiger partial charge in [-0.05, 0) is 6.07 Å². The summed E-state index contributed by atoms with van der Waals surface area (Å²) in [5.41, 5.74) is -0.432. The SMILES string of the molecule is CS(=O)Nc1c(O)cccc1[N+](=O)[O-]. The van der Waals surface area contributed by atoms with E-state index in [1.54, 1.807) is 0 Å². The van der Waals surface area contributed by atoms with Crippen molar-refractivity contribution in [1.82, 2.24) is 0 Å². The van der Waals surface area contributed by atoms with Crippen LogP contribution in [-0.4, -0.2) is 20.5 Å². The molecular weight excluding hydrogens is 208 g/mol. The maximum absolute atomic E-state index is 10.8. The van der Waals surface area contributed by atoms with Crippen LogP contribution >= 0.6 is 0 Å². The van der Waals surface area contributed by atoms with Crippen LogP contribution in [0.25, 0.3) is 0 Å². The van der Waals surface area contributed by atoms with Crippen LogP contribution < -0.4 is 4.72 Å². The number of hydrogen-bond donors (Lipinski definition) is 2. The second-order valence-corrected chi connectivity index (χ2v) is 3.60. The molecule has 1 rings (SSSR count). The molecule has 0 saturated heterocycles. The molecule has 0 fully saturated rings. The lowest BCUT2D eigenvalue weighted by Crippen LogP contribution is -2.04. The fourth-order valence-corrected chi connectivity index (χ4v) is 1.43. The fourth-order valence-electron chi connectivity index (χ4n) is 0.929. The molecule has 0 radical (unpaired) electrons. The van der Waals surface area contributed by atoms with Gasteiger partial charge in [-0.2, -0.15) is 0 Å². The first-order valence-corrected chi connectivity index (χ1v) is 5.14. The summed E-state index contributed by atoms with van der Waals surface area (Å²) in [6, 6.07) is 3.84. The first-order valence-electron chi connectivity index (χ1n) is 3.59. The summed E-state index contributed by atoms with van der Waals surface area (Å²) in [7, 11) is -1.47. The van der Waals surface area contributed by atoms with E-state index in [9.17, 15) is 19.4 Å². The number of nitrogens with zero attached hydrogens (tertiary/aromatic N) is 1. The van der Waals surface area contributed by atoms with E-state index in [2.05, 4.69) is 4.72 Å². The number of nitro groups is 1. The number of phenolic OH excluding ortho intramolecular Hbond substituents is 1. The summed E-state index contributed by atoms with van der Waals surface area (Å²) in [5.74, 6) is -0.297. The molecule has 0 aliphatic heterocycles. The van der Waals surface area contributed by atoms with E-state index in [1.165, 1.54) is 24.5 Å². The summed E-state index contributed by atoms with van der Waals surface area (Å²) in [6.45, 7) is 0. The van der Waals surface area contributed by atoms with Crippen LogP contribution in [0.2, 0.25) is 0 Å². The van der Waals surface area contributed by atoms with E-state index in [4.69, 9.17) is 0 Å². The zero-order valence-electron chi connectivity index (χ0n) is 7.26. The number of hydrogen-bond acceptors (Lipinski definition) is 4. The van der Waals surface area contributed by atoms with Crippen molar-refractivity contribution in [1.29, 1.82) is 0 Å². The van der Waals surface area contributed by atoms with Gasteiger partial charge in [0.25, 0.3) is 5.69 Å².